The molecule has 0 amide bonds. The Kier molecular flexibility index (Phi) is 5.96. The molecule has 4 heteroatoms. The monoisotopic (exact) mass is 368 g/mol. The van der Waals surface area contributed by atoms with Gasteiger partial charge in [0.15, 0.2) is 0 Å². The molecule has 1 heterocycles. The Morgan fingerprint density at radius 2 is 1.89 bits per heavy atom. The van der Waals surface area contributed by atoms with E-state index in [0.29, 0.717) is 6.04 Å². The molecule has 2 fully saturated rings. The molecular formula is C23H32N2O2. The van der Waals surface area contributed by atoms with Crippen LogP contribution in [-0.4, -0.2) is 60.3 Å². The molecule has 0 spiro atoms. The van der Waals surface area contributed by atoms with E-state index in [2.05, 4.69) is 46.2 Å². The number of benzene rings is 2. The lowest BCUT2D eigenvalue weighted by molar-refractivity contribution is 0.0266. The zero-order valence-electron chi connectivity index (χ0n) is 16.4. The molecule has 2 aromatic carbocycles. The average molecular weight is 369 g/mol. The minimum atomic E-state index is 0.277. The number of methoxy groups -OCH3 is 1. The Labute approximate surface area is 162 Å². The number of aliphatic hydroxyl groups is 1. The van der Waals surface area contributed by atoms with Crippen LogP contribution in [-0.2, 0) is 6.54 Å². The molecule has 4 nitrogen and oxygen atoms in total. The summed E-state index contributed by atoms with van der Waals surface area (Å²) in [5.41, 5.74) is 1.28. The normalized spacial score (nSPS) is 22.5. The van der Waals surface area contributed by atoms with Crippen LogP contribution in [0.15, 0.2) is 36.4 Å². The van der Waals surface area contributed by atoms with E-state index < -0.39 is 0 Å². The molecule has 0 bridgehead atoms. The van der Waals surface area contributed by atoms with Gasteiger partial charge in [-0.3, -0.25) is 9.80 Å². The van der Waals surface area contributed by atoms with Crippen molar-refractivity contribution < 1.29 is 9.84 Å². The van der Waals surface area contributed by atoms with E-state index in [1.165, 1.54) is 42.0 Å². The summed E-state index contributed by atoms with van der Waals surface area (Å²) < 4.78 is 5.69. The van der Waals surface area contributed by atoms with Crippen LogP contribution >= 0.6 is 0 Å². The maximum absolute atomic E-state index is 9.61. The topological polar surface area (TPSA) is 35.9 Å². The largest absolute Gasteiger partial charge is 0.496 e. The van der Waals surface area contributed by atoms with Crippen LogP contribution in [0.4, 0.5) is 0 Å². The minimum absolute atomic E-state index is 0.277. The third-order valence-corrected chi connectivity index (χ3v) is 6.47. The second kappa shape index (κ2) is 8.59. The lowest BCUT2D eigenvalue weighted by Crippen LogP contribution is -2.56. The first-order chi connectivity index (χ1) is 13.3. The molecule has 1 atom stereocenters. The lowest BCUT2D eigenvalue weighted by atomic mass is 10.0. The molecule has 1 saturated carbocycles. The Bertz CT molecular complexity index is 757. The molecule has 0 aromatic heterocycles. The maximum Gasteiger partial charge on any atom is 0.123 e. The van der Waals surface area contributed by atoms with Gasteiger partial charge in [0.05, 0.1) is 7.11 Å². The van der Waals surface area contributed by atoms with Crippen molar-refractivity contribution in [1.82, 2.24) is 9.80 Å². The number of piperazine rings is 1. The van der Waals surface area contributed by atoms with Crippen molar-refractivity contribution in [3.05, 3.63) is 42.0 Å². The molecule has 1 aliphatic heterocycles. The smallest absolute Gasteiger partial charge is 0.123 e. The van der Waals surface area contributed by atoms with Crippen LogP contribution in [0.25, 0.3) is 10.8 Å². The zero-order chi connectivity index (χ0) is 18.6. The van der Waals surface area contributed by atoms with Gasteiger partial charge in [-0.15, -0.1) is 0 Å². The predicted octanol–water partition coefficient (Wildman–Crippen LogP) is 3.66. The van der Waals surface area contributed by atoms with Gasteiger partial charge < -0.3 is 9.84 Å². The SMILES string of the molecule is COc1ccc2ccccc2c1CN1CCN(C2CCCC2)C(CCO)C1. The summed E-state index contributed by atoms with van der Waals surface area (Å²) in [5, 5.41) is 12.2. The quantitative estimate of drug-likeness (QED) is 0.844. The summed E-state index contributed by atoms with van der Waals surface area (Å²) in [6, 6.07) is 14.0. The van der Waals surface area contributed by atoms with Crippen LogP contribution in [0.2, 0.25) is 0 Å². The van der Waals surface area contributed by atoms with Crippen LogP contribution in [0.3, 0.4) is 0 Å². The van der Waals surface area contributed by atoms with E-state index in [4.69, 9.17) is 4.74 Å². The number of hydrogen-bond donors (Lipinski definition) is 1. The molecule has 2 aliphatic rings. The molecule has 27 heavy (non-hydrogen) atoms. The van der Waals surface area contributed by atoms with Gasteiger partial charge in [-0.2, -0.15) is 0 Å². The van der Waals surface area contributed by atoms with E-state index in [0.717, 1.165) is 44.4 Å². The summed E-state index contributed by atoms with van der Waals surface area (Å²) in [6.07, 6.45) is 6.27. The molecule has 1 N–H and O–H groups in total. The standard InChI is InChI=1S/C23H32N2O2/c1-27-23-11-10-18-6-2-5-9-21(18)22(23)17-24-13-14-25(19-7-3-4-8-19)20(16-24)12-15-26/h2,5-6,9-11,19-20,26H,3-4,7-8,12-17H2,1H3. The second-order valence-electron chi connectivity index (χ2n) is 8.04. The third kappa shape index (κ3) is 3.98. The van der Waals surface area contributed by atoms with Crippen molar-refractivity contribution in [3.8, 4) is 5.75 Å². The highest BCUT2D eigenvalue weighted by Crippen LogP contribution is 2.32. The Morgan fingerprint density at radius 3 is 2.67 bits per heavy atom. The molecule has 0 radical (unpaired) electrons. The summed E-state index contributed by atoms with van der Waals surface area (Å²) in [5.74, 6) is 0.977. The molecule has 2 aromatic rings. The van der Waals surface area contributed by atoms with Crippen molar-refractivity contribution in [1.29, 1.82) is 0 Å². The first-order valence-electron chi connectivity index (χ1n) is 10.4. The second-order valence-corrected chi connectivity index (χ2v) is 8.04. The van der Waals surface area contributed by atoms with Crippen molar-refractivity contribution >= 4 is 10.8 Å². The Balaban J connectivity index is 1.54. The summed E-state index contributed by atoms with van der Waals surface area (Å²) in [7, 11) is 1.76. The average Bonchev–Trinajstić information content (AvgIpc) is 3.23. The fourth-order valence-corrected chi connectivity index (χ4v) is 5.09. The van der Waals surface area contributed by atoms with Gasteiger partial charge in [0.2, 0.25) is 0 Å². The highest BCUT2D eigenvalue weighted by molar-refractivity contribution is 5.87. The van der Waals surface area contributed by atoms with E-state index in [1.807, 2.05) is 0 Å². The summed E-state index contributed by atoms with van der Waals surface area (Å²) in [6.45, 7) is 4.42. The van der Waals surface area contributed by atoms with Crippen LogP contribution in [0, 0.1) is 0 Å². The molecule has 1 aliphatic carbocycles. The first-order valence-corrected chi connectivity index (χ1v) is 10.4. The number of rotatable bonds is 6. The molecule has 146 valence electrons. The Morgan fingerprint density at radius 1 is 1.07 bits per heavy atom. The fourth-order valence-electron chi connectivity index (χ4n) is 5.09. The van der Waals surface area contributed by atoms with E-state index in [1.54, 1.807) is 7.11 Å². The Hall–Kier alpha value is -1.62. The van der Waals surface area contributed by atoms with Gasteiger partial charge in [-0.1, -0.05) is 43.2 Å². The van der Waals surface area contributed by atoms with E-state index in [9.17, 15) is 5.11 Å². The number of fused-ring (bicyclic) bond motifs is 1. The summed E-state index contributed by atoms with van der Waals surface area (Å²) in [4.78, 5) is 5.25. The molecular weight excluding hydrogens is 336 g/mol. The van der Waals surface area contributed by atoms with Gasteiger partial charge >= 0.3 is 0 Å². The van der Waals surface area contributed by atoms with Crippen LogP contribution in [0.5, 0.6) is 5.75 Å². The lowest BCUT2D eigenvalue weighted by Gasteiger charge is -2.44. The van der Waals surface area contributed by atoms with Crippen LogP contribution in [0.1, 0.15) is 37.7 Å². The van der Waals surface area contributed by atoms with Gasteiger partial charge in [0.1, 0.15) is 5.75 Å². The molecule has 4 rings (SSSR count). The van der Waals surface area contributed by atoms with Crippen molar-refractivity contribution in [3.63, 3.8) is 0 Å². The number of aliphatic hydroxyl groups excluding tert-OH is 1. The van der Waals surface area contributed by atoms with Crippen molar-refractivity contribution in [2.45, 2.75) is 50.7 Å². The zero-order valence-corrected chi connectivity index (χ0v) is 16.4. The maximum atomic E-state index is 9.61. The van der Waals surface area contributed by atoms with Gasteiger partial charge in [0, 0.05) is 50.4 Å². The van der Waals surface area contributed by atoms with Crippen molar-refractivity contribution in [2.24, 2.45) is 0 Å². The van der Waals surface area contributed by atoms with Crippen molar-refractivity contribution in [2.75, 3.05) is 33.4 Å². The van der Waals surface area contributed by atoms with Gasteiger partial charge in [0.25, 0.3) is 0 Å². The highest BCUT2D eigenvalue weighted by Gasteiger charge is 2.33. The highest BCUT2D eigenvalue weighted by atomic mass is 16.5. The fraction of sp³-hybridized carbons (Fsp3) is 0.565. The predicted molar refractivity (Wildman–Crippen MR) is 110 cm³/mol. The number of nitrogens with zero attached hydrogens (tertiary/aromatic N) is 2. The third-order valence-electron chi connectivity index (χ3n) is 6.47. The molecule has 1 saturated heterocycles. The first kappa shape index (κ1) is 18.7. The van der Waals surface area contributed by atoms with Gasteiger partial charge in [-0.25, -0.2) is 0 Å². The van der Waals surface area contributed by atoms with E-state index in [-0.39, 0.29) is 6.61 Å². The van der Waals surface area contributed by atoms with Crippen LogP contribution < -0.4 is 4.74 Å². The minimum Gasteiger partial charge on any atom is -0.496 e. The summed E-state index contributed by atoms with van der Waals surface area (Å²) >= 11 is 0. The van der Waals surface area contributed by atoms with Gasteiger partial charge in [-0.05, 0) is 36.1 Å². The van der Waals surface area contributed by atoms with E-state index >= 15 is 0 Å². The number of ether oxygens (including phenoxy) is 1. The number of hydrogen-bond acceptors (Lipinski definition) is 4. The molecule has 1 unspecified atom stereocenters.